The first-order valence-electron chi connectivity index (χ1n) is 11.6. The topological polar surface area (TPSA) is 82.1 Å². The zero-order valence-corrected chi connectivity index (χ0v) is 20.2. The lowest BCUT2D eigenvalue weighted by Gasteiger charge is -2.31. The summed E-state index contributed by atoms with van der Waals surface area (Å²) in [5.41, 5.74) is 1.27. The minimum absolute atomic E-state index is 0.0189. The molecule has 180 valence electrons. The maximum Gasteiger partial charge on any atom is 0.295 e. The van der Waals surface area contributed by atoms with E-state index in [9.17, 15) is 14.7 Å². The lowest BCUT2D eigenvalue weighted by Crippen LogP contribution is -2.46. The first-order valence-corrected chi connectivity index (χ1v) is 12.0. The number of Topliss-reactive ketones (excluding diaryl/α,β-unsaturated/α-hetero) is 1. The van der Waals surface area contributed by atoms with E-state index >= 15 is 0 Å². The van der Waals surface area contributed by atoms with E-state index in [0.717, 1.165) is 31.7 Å². The molecule has 2 aliphatic heterocycles. The highest BCUT2D eigenvalue weighted by Gasteiger charge is 2.46. The van der Waals surface area contributed by atoms with Crippen LogP contribution >= 0.6 is 11.6 Å². The van der Waals surface area contributed by atoms with Gasteiger partial charge in [0.1, 0.15) is 11.5 Å². The van der Waals surface area contributed by atoms with E-state index in [1.807, 2.05) is 13.8 Å². The predicted molar refractivity (Wildman–Crippen MR) is 132 cm³/mol. The van der Waals surface area contributed by atoms with E-state index in [0.29, 0.717) is 29.4 Å². The normalized spacial score (nSPS) is 20.8. The van der Waals surface area contributed by atoms with Crippen LogP contribution in [0.25, 0.3) is 5.76 Å². The number of likely N-dealkylation sites (tertiary alicyclic amines) is 1. The van der Waals surface area contributed by atoms with Crippen molar-refractivity contribution < 1.29 is 19.4 Å². The molecule has 2 saturated heterocycles. The number of carbonyl (C=O) groups is 2. The Hall–Kier alpha value is -2.87. The molecule has 8 heteroatoms. The summed E-state index contributed by atoms with van der Waals surface area (Å²) in [6.07, 6.45) is 0.0189. The van der Waals surface area contributed by atoms with Crippen LogP contribution in [-0.2, 0) is 9.59 Å². The number of amides is 1. The number of hydrogen-bond donors (Lipinski definition) is 2. The lowest BCUT2D eigenvalue weighted by molar-refractivity contribution is -0.140. The summed E-state index contributed by atoms with van der Waals surface area (Å²) in [6, 6.07) is 13.2. The van der Waals surface area contributed by atoms with Gasteiger partial charge in [-0.1, -0.05) is 23.7 Å². The van der Waals surface area contributed by atoms with E-state index in [-0.39, 0.29) is 17.4 Å². The van der Waals surface area contributed by atoms with E-state index < -0.39 is 17.7 Å². The molecule has 0 bridgehead atoms. The summed E-state index contributed by atoms with van der Waals surface area (Å²) in [6.45, 7) is 8.48. The van der Waals surface area contributed by atoms with E-state index in [1.54, 1.807) is 53.4 Å². The van der Waals surface area contributed by atoms with Gasteiger partial charge in [-0.2, -0.15) is 0 Å². The first-order chi connectivity index (χ1) is 16.3. The smallest absolute Gasteiger partial charge is 0.295 e. The van der Waals surface area contributed by atoms with Crippen LogP contribution in [0, 0.1) is 0 Å². The molecule has 1 atom stereocenters. The number of ketones is 1. The van der Waals surface area contributed by atoms with Crippen LogP contribution in [-0.4, -0.2) is 72.0 Å². The Balaban J connectivity index is 1.69. The maximum absolute atomic E-state index is 13.2. The summed E-state index contributed by atoms with van der Waals surface area (Å²) in [7, 11) is 0. The van der Waals surface area contributed by atoms with E-state index in [2.05, 4.69) is 10.2 Å². The van der Waals surface area contributed by atoms with Crippen molar-refractivity contribution in [1.82, 2.24) is 15.1 Å². The summed E-state index contributed by atoms with van der Waals surface area (Å²) in [5.74, 6) is -0.812. The molecule has 2 heterocycles. The summed E-state index contributed by atoms with van der Waals surface area (Å²) >= 11 is 6.09. The number of ether oxygens (including phenoxy) is 1. The average Bonchev–Trinajstić information content (AvgIpc) is 3.08. The molecule has 0 radical (unpaired) electrons. The van der Waals surface area contributed by atoms with Gasteiger partial charge in [-0.15, -0.1) is 0 Å². The first kappa shape index (κ1) is 24.3. The highest BCUT2D eigenvalue weighted by molar-refractivity contribution is 6.46. The van der Waals surface area contributed by atoms with Crippen LogP contribution in [0.15, 0.2) is 54.1 Å². The number of benzene rings is 2. The molecule has 1 amide bonds. The van der Waals surface area contributed by atoms with Crippen molar-refractivity contribution in [1.29, 1.82) is 0 Å². The van der Waals surface area contributed by atoms with Gasteiger partial charge in [0.05, 0.1) is 17.7 Å². The molecule has 2 aliphatic rings. The number of halogens is 1. The van der Waals surface area contributed by atoms with Crippen LogP contribution in [0.5, 0.6) is 5.75 Å². The van der Waals surface area contributed by atoms with Gasteiger partial charge in [-0.3, -0.25) is 14.5 Å². The van der Waals surface area contributed by atoms with Crippen molar-refractivity contribution in [3.63, 3.8) is 0 Å². The van der Waals surface area contributed by atoms with E-state index in [4.69, 9.17) is 16.3 Å². The van der Waals surface area contributed by atoms with Gasteiger partial charge in [0.15, 0.2) is 0 Å². The predicted octanol–water partition coefficient (Wildman–Crippen LogP) is 3.45. The van der Waals surface area contributed by atoms with Gasteiger partial charge in [0.25, 0.3) is 11.7 Å². The summed E-state index contributed by atoms with van der Waals surface area (Å²) in [4.78, 5) is 30.1. The molecule has 34 heavy (non-hydrogen) atoms. The molecular weight excluding hydrogens is 454 g/mol. The number of piperazine rings is 1. The van der Waals surface area contributed by atoms with Crippen LogP contribution in [0.4, 0.5) is 0 Å². The Labute approximate surface area is 205 Å². The third-order valence-electron chi connectivity index (χ3n) is 6.09. The Morgan fingerprint density at radius 3 is 2.32 bits per heavy atom. The van der Waals surface area contributed by atoms with E-state index in [1.165, 1.54) is 0 Å². The molecular formula is C26H30ClN3O4. The van der Waals surface area contributed by atoms with Gasteiger partial charge in [-0.25, -0.2) is 0 Å². The average molecular weight is 484 g/mol. The lowest BCUT2D eigenvalue weighted by atomic mass is 9.95. The molecule has 1 unspecified atom stereocenters. The number of aliphatic hydroxyl groups is 1. The van der Waals surface area contributed by atoms with Gasteiger partial charge in [0, 0.05) is 49.9 Å². The zero-order chi connectivity index (χ0) is 24.2. The third-order valence-corrected chi connectivity index (χ3v) is 6.34. The number of nitrogens with zero attached hydrogens (tertiary/aromatic N) is 2. The molecule has 7 nitrogen and oxygen atoms in total. The second-order valence-corrected chi connectivity index (χ2v) is 9.26. The Morgan fingerprint density at radius 1 is 1.06 bits per heavy atom. The highest BCUT2D eigenvalue weighted by atomic mass is 35.5. The van der Waals surface area contributed by atoms with Gasteiger partial charge in [0.2, 0.25) is 0 Å². The minimum atomic E-state index is -0.688. The summed E-state index contributed by atoms with van der Waals surface area (Å²) < 4.78 is 5.67. The fourth-order valence-electron chi connectivity index (χ4n) is 4.41. The molecule has 0 saturated carbocycles. The van der Waals surface area contributed by atoms with Crippen molar-refractivity contribution in [3.8, 4) is 5.75 Å². The van der Waals surface area contributed by atoms with Crippen molar-refractivity contribution in [2.45, 2.75) is 26.0 Å². The Bertz CT molecular complexity index is 1060. The van der Waals surface area contributed by atoms with Crippen LogP contribution < -0.4 is 10.1 Å². The molecule has 2 aromatic rings. The van der Waals surface area contributed by atoms with Gasteiger partial charge in [-0.05, 0) is 55.8 Å². The SMILES string of the molecule is CC(C)Oc1ccc(/C(O)=C2/C(=O)C(=O)N(CCN3CCNCC3)C2c2ccc(Cl)cc2)cc1. The van der Waals surface area contributed by atoms with Gasteiger partial charge < -0.3 is 20.1 Å². The monoisotopic (exact) mass is 483 g/mol. The molecule has 0 spiro atoms. The fourth-order valence-corrected chi connectivity index (χ4v) is 4.53. The summed E-state index contributed by atoms with van der Waals surface area (Å²) in [5, 5.41) is 15.1. The van der Waals surface area contributed by atoms with Crippen molar-refractivity contribution in [3.05, 3.63) is 70.3 Å². The number of nitrogens with one attached hydrogen (secondary N) is 1. The second-order valence-electron chi connectivity index (χ2n) is 8.83. The van der Waals surface area contributed by atoms with Crippen molar-refractivity contribution >= 4 is 29.1 Å². The maximum atomic E-state index is 13.2. The second kappa shape index (κ2) is 10.6. The molecule has 0 aromatic heterocycles. The quantitative estimate of drug-likeness (QED) is 0.356. The number of rotatable bonds is 7. The number of aliphatic hydroxyl groups excluding tert-OH is 1. The minimum Gasteiger partial charge on any atom is -0.507 e. The number of hydrogen-bond acceptors (Lipinski definition) is 6. The number of carbonyl (C=O) groups excluding carboxylic acids is 2. The van der Waals surface area contributed by atoms with Crippen molar-refractivity contribution in [2.75, 3.05) is 39.3 Å². The third kappa shape index (κ3) is 5.27. The Kier molecular flexibility index (Phi) is 7.56. The van der Waals surface area contributed by atoms with Gasteiger partial charge >= 0.3 is 0 Å². The Morgan fingerprint density at radius 2 is 1.71 bits per heavy atom. The molecule has 2 fully saturated rings. The van der Waals surface area contributed by atoms with Crippen molar-refractivity contribution in [2.24, 2.45) is 0 Å². The highest BCUT2D eigenvalue weighted by Crippen LogP contribution is 2.39. The van der Waals surface area contributed by atoms with Crippen LogP contribution in [0.2, 0.25) is 5.02 Å². The standard InChI is InChI=1S/C26H30ClN3O4/c1-17(2)34-21-9-5-19(6-10-21)24(31)22-23(18-3-7-20(27)8-4-18)30(26(33)25(22)32)16-15-29-13-11-28-12-14-29/h3-10,17,23,28,31H,11-16H2,1-2H3/b24-22-. The molecule has 2 N–H and O–H groups in total. The molecule has 0 aliphatic carbocycles. The molecule has 4 rings (SSSR count). The van der Waals surface area contributed by atoms with Crippen LogP contribution in [0.1, 0.15) is 31.0 Å². The zero-order valence-electron chi connectivity index (χ0n) is 19.5. The fraction of sp³-hybridized carbons (Fsp3) is 0.385. The molecule has 2 aromatic carbocycles. The van der Waals surface area contributed by atoms with Crippen LogP contribution in [0.3, 0.4) is 0 Å². The largest absolute Gasteiger partial charge is 0.507 e.